The average molecular weight is 287 g/mol. The van der Waals surface area contributed by atoms with Crippen molar-refractivity contribution in [2.45, 2.75) is 33.3 Å². The Bertz CT molecular complexity index is 624. The van der Waals surface area contributed by atoms with E-state index in [4.69, 9.17) is 9.15 Å². The maximum Gasteiger partial charge on any atom is 0.134 e. The second-order valence-electron chi connectivity index (χ2n) is 5.37. The smallest absolute Gasteiger partial charge is 0.134 e. The standard InChI is InChI=1S/C16H21N3O2/c1-4-13-9-16(18-12(3)17-13)19-7-8-20-15(10-19)14-6-5-11(2)21-14/h5-6,9,15H,4,7-8,10H2,1-3H3. The largest absolute Gasteiger partial charge is 0.464 e. The molecule has 112 valence electrons. The van der Waals surface area contributed by atoms with E-state index in [1.54, 1.807) is 0 Å². The quantitative estimate of drug-likeness (QED) is 0.869. The van der Waals surface area contributed by atoms with Gasteiger partial charge in [-0.15, -0.1) is 0 Å². The van der Waals surface area contributed by atoms with Gasteiger partial charge in [-0.05, 0) is 32.4 Å². The molecule has 1 fully saturated rings. The molecule has 3 rings (SSSR count). The molecular weight excluding hydrogens is 266 g/mol. The van der Waals surface area contributed by atoms with Gasteiger partial charge in [0, 0.05) is 18.3 Å². The lowest BCUT2D eigenvalue weighted by Gasteiger charge is -2.33. The zero-order valence-electron chi connectivity index (χ0n) is 12.8. The monoisotopic (exact) mass is 287 g/mol. The SMILES string of the molecule is CCc1cc(N2CCOC(c3ccc(C)o3)C2)nc(C)n1. The highest BCUT2D eigenvalue weighted by molar-refractivity contribution is 5.41. The summed E-state index contributed by atoms with van der Waals surface area (Å²) in [5.74, 6) is 3.60. The Morgan fingerprint density at radius 1 is 1.29 bits per heavy atom. The van der Waals surface area contributed by atoms with Gasteiger partial charge < -0.3 is 14.1 Å². The number of aryl methyl sites for hydroxylation is 3. The van der Waals surface area contributed by atoms with E-state index in [1.807, 2.05) is 26.0 Å². The van der Waals surface area contributed by atoms with E-state index in [-0.39, 0.29) is 6.10 Å². The van der Waals surface area contributed by atoms with Crippen molar-refractivity contribution in [1.82, 2.24) is 9.97 Å². The van der Waals surface area contributed by atoms with E-state index in [2.05, 4.69) is 27.9 Å². The molecule has 21 heavy (non-hydrogen) atoms. The van der Waals surface area contributed by atoms with Crippen LogP contribution in [0.1, 0.15) is 36.1 Å². The highest BCUT2D eigenvalue weighted by atomic mass is 16.5. The fourth-order valence-corrected chi connectivity index (χ4v) is 2.61. The number of hydrogen-bond acceptors (Lipinski definition) is 5. The van der Waals surface area contributed by atoms with Gasteiger partial charge in [0.2, 0.25) is 0 Å². The van der Waals surface area contributed by atoms with Crippen molar-refractivity contribution in [2.24, 2.45) is 0 Å². The number of hydrogen-bond donors (Lipinski definition) is 0. The third-order valence-corrected chi connectivity index (χ3v) is 3.71. The zero-order valence-corrected chi connectivity index (χ0v) is 12.8. The van der Waals surface area contributed by atoms with Crippen LogP contribution in [0.2, 0.25) is 0 Å². The van der Waals surface area contributed by atoms with Crippen LogP contribution in [0.25, 0.3) is 0 Å². The van der Waals surface area contributed by atoms with Gasteiger partial charge in [0.25, 0.3) is 0 Å². The Morgan fingerprint density at radius 2 is 2.14 bits per heavy atom. The molecule has 1 aliphatic rings. The molecule has 3 heterocycles. The van der Waals surface area contributed by atoms with Crippen molar-refractivity contribution in [3.63, 3.8) is 0 Å². The van der Waals surface area contributed by atoms with Crippen molar-refractivity contribution >= 4 is 5.82 Å². The van der Waals surface area contributed by atoms with E-state index in [0.29, 0.717) is 6.61 Å². The number of aromatic nitrogens is 2. The van der Waals surface area contributed by atoms with Crippen LogP contribution in [0.3, 0.4) is 0 Å². The van der Waals surface area contributed by atoms with Gasteiger partial charge in [-0.25, -0.2) is 9.97 Å². The molecule has 5 nitrogen and oxygen atoms in total. The molecule has 0 aliphatic carbocycles. The summed E-state index contributed by atoms with van der Waals surface area (Å²) < 4.78 is 11.5. The van der Waals surface area contributed by atoms with Crippen molar-refractivity contribution < 1.29 is 9.15 Å². The summed E-state index contributed by atoms with van der Waals surface area (Å²) in [6.45, 7) is 8.28. The van der Waals surface area contributed by atoms with Gasteiger partial charge in [-0.1, -0.05) is 6.92 Å². The third kappa shape index (κ3) is 3.08. The Labute approximate surface area is 125 Å². The zero-order chi connectivity index (χ0) is 14.8. The number of nitrogens with zero attached hydrogens (tertiary/aromatic N) is 3. The molecule has 0 saturated carbocycles. The maximum atomic E-state index is 5.84. The summed E-state index contributed by atoms with van der Waals surface area (Å²) in [5.41, 5.74) is 1.08. The second-order valence-corrected chi connectivity index (χ2v) is 5.37. The lowest BCUT2D eigenvalue weighted by atomic mass is 10.2. The topological polar surface area (TPSA) is 51.4 Å². The number of anilines is 1. The summed E-state index contributed by atoms with van der Waals surface area (Å²) in [7, 11) is 0. The van der Waals surface area contributed by atoms with Crippen LogP contribution in [0.4, 0.5) is 5.82 Å². The molecule has 0 bridgehead atoms. The van der Waals surface area contributed by atoms with Gasteiger partial charge >= 0.3 is 0 Å². The van der Waals surface area contributed by atoms with Crippen molar-refractivity contribution in [3.05, 3.63) is 41.2 Å². The molecule has 0 amide bonds. The van der Waals surface area contributed by atoms with E-state index in [0.717, 1.165) is 48.4 Å². The van der Waals surface area contributed by atoms with Crippen molar-refractivity contribution in [3.8, 4) is 0 Å². The summed E-state index contributed by atoms with van der Waals surface area (Å²) in [6, 6.07) is 6.04. The Hall–Kier alpha value is -1.88. The van der Waals surface area contributed by atoms with E-state index in [9.17, 15) is 0 Å². The first-order valence-electron chi connectivity index (χ1n) is 7.43. The predicted molar refractivity (Wildman–Crippen MR) is 80.5 cm³/mol. The molecule has 0 N–H and O–H groups in total. The predicted octanol–water partition coefficient (Wildman–Crippen LogP) is 2.83. The van der Waals surface area contributed by atoms with E-state index >= 15 is 0 Å². The second kappa shape index (κ2) is 5.85. The molecule has 2 aromatic rings. The van der Waals surface area contributed by atoms with E-state index in [1.165, 1.54) is 0 Å². The molecule has 1 saturated heterocycles. The van der Waals surface area contributed by atoms with Gasteiger partial charge in [0.15, 0.2) is 0 Å². The first-order valence-corrected chi connectivity index (χ1v) is 7.43. The van der Waals surface area contributed by atoms with Gasteiger partial charge in [-0.2, -0.15) is 0 Å². The van der Waals surface area contributed by atoms with Crippen molar-refractivity contribution in [1.29, 1.82) is 0 Å². The number of ether oxygens (including phenoxy) is 1. The molecule has 1 aliphatic heterocycles. The molecule has 0 aromatic carbocycles. The Balaban J connectivity index is 1.81. The highest BCUT2D eigenvalue weighted by Crippen LogP contribution is 2.26. The van der Waals surface area contributed by atoms with Crippen LogP contribution < -0.4 is 4.90 Å². The first-order chi connectivity index (χ1) is 10.2. The summed E-state index contributed by atoms with van der Waals surface area (Å²) in [5, 5.41) is 0. The van der Waals surface area contributed by atoms with Gasteiger partial charge in [0.1, 0.15) is 29.3 Å². The molecular formula is C16H21N3O2. The minimum Gasteiger partial charge on any atom is -0.464 e. The normalized spacial score (nSPS) is 19.0. The number of rotatable bonds is 3. The van der Waals surface area contributed by atoms with Gasteiger partial charge in [-0.3, -0.25) is 0 Å². The van der Waals surface area contributed by atoms with Crippen LogP contribution in [0.5, 0.6) is 0 Å². The fraction of sp³-hybridized carbons (Fsp3) is 0.500. The summed E-state index contributed by atoms with van der Waals surface area (Å²) in [6.07, 6.45) is 0.884. The van der Waals surface area contributed by atoms with Crippen LogP contribution in [0, 0.1) is 13.8 Å². The third-order valence-electron chi connectivity index (χ3n) is 3.71. The first kappa shape index (κ1) is 14.1. The van der Waals surface area contributed by atoms with Crippen LogP contribution >= 0.6 is 0 Å². The minimum absolute atomic E-state index is 0.0344. The lowest BCUT2D eigenvalue weighted by Crippen LogP contribution is -2.39. The van der Waals surface area contributed by atoms with Crippen molar-refractivity contribution in [2.75, 3.05) is 24.6 Å². The van der Waals surface area contributed by atoms with Gasteiger partial charge in [0.05, 0.1) is 13.2 Å². The Morgan fingerprint density at radius 3 is 2.86 bits per heavy atom. The molecule has 0 radical (unpaired) electrons. The van der Waals surface area contributed by atoms with Crippen LogP contribution in [0.15, 0.2) is 22.6 Å². The lowest BCUT2D eigenvalue weighted by molar-refractivity contribution is 0.0250. The average Bonchev–Trinajstić information content (AvgIpc) is 2.93. The van der Waals surface area contributed by atoms with Crippen LogP contribution in [-0.4, -0.2) is 29.7 Å². The number of morpholine rings is 1. The molecule has 5 heteroatoms. The summed E-state index contributed by atoms with van der Waals surface area (Å²) in [4.78, 5) is 11.3. The maximum absolute atomic E-state index is 5.84. The molecule has 1 unspecified atom stereocenters. The van der Waals surface area contributed by atoms with Crippen LogP contribution in [-0.2, 0) is 11.2 Å². The molecule has 1 atom stereocenters. The summed E-state index contributed by atoms with van der Waals surface area (Å²) >= 11 is 0. The molecule has 2 aromatic heterocycles. The highest BCUT2D eigenvalue weighted by Gasteiger charge is 2.25. The number of furan rings is 1. The fourth-order valence-electron chi connectivity index (χ4n) is 2.61. The Kier molecular flexibility index (Phi) is 3.92. The molecule has 0 spiro atoms. The van der Waals surface area contributed by atoms with E-state index < -0.39 is 0 Å². The minimum atomic E-state index is -0.0344.